The third kappa shape index (κ3) is 4.32. The van der Waals surface area contributed by atoms with Crippen LogP contribution in [0.3, 0.4) is 0 Å². The zero-order valence-electron chi connectivity index (χ0n) is 11.6. The van der Waals surface area contributed by atoms with Crippen molar-refractivity contribution < 1.29 is 9.53 Å². The molecule has 1 N–H and O–H groups in total. The highest BCUT2D eigenvalue weighted by Gasteiger charge is 2.30. The molecule has 0 bridgehead atoms. The van der Waals surface area contributed by atoms with E-state index in [4.69, 9.17) is 4.74 Å². The standard InChI is InChI=1S/C15H23NO2S/c1-2-18-15(17)14(12-7-4-3-5-8-12)16-11-13-9-6-10-19-13/h6,9-10,12,14,16H,2-5,7-8,11H2,1H3. The number of esters is 1. The molecule has 1 saturated carbocycles. The van der Waals surface area contributed by atoms with Crippen LogP contribution in [0, 0.1) is 5.92 Å². The van der Waals surface area contributed by atoms with E-state index in [2.05, 4.69) is 16.8 Å². The van der Waals surface area contributed by atoms with E-state index in [1.54, 1.807) is 11.3 Å². The van der Waals surface area contributed by atoms with Gasteiger partial charge in [0.1, 0.15) is 6.04 Å². The van der Waals surface area contributed by atoms with Crippen LogP contribution in [0.5, 0.6) is 0 Å². The van der Waals surface area contributed by atoms with Gasteiger partial charge >= 0.3 is 5.97 Å². The van der Waals surface area contributed by atoms with E-state index >= 15 is 0 Å². The first kappa shape index (κ1) is 14.5. The summed E-state index contributed by atoms with van der Waals surface area (Å²) in [5.74, 6) is 0.360. The number of rotatable bonds is 6. The van der Waals surface area contributed by atoms with E-state index in [0.717, 1.165) is 19.4 Å². The van der Waals surface area contributed by atoms with Crippen molar-refractivity contribution in [3.63, 3.8) is 0 Å². The molecule has 0 radical (unpaired) electrons. The Kier molecular flexibility index (Phi) is 5.86. The van der Waals surface area contributed by atoms with Crippen LogP contribution in [-0.4, -0.2) is 18.6 Å². The van der Waals surface area contributed by atoms with E-state index in [9.17, 15) is 4.79 Å². The number of ether oxygens (including phenoxy) is 1. The van der Waals surface area contributed by atoms with Gasteiger partial charge in [0.05, 0.1) is 6.61 Å². The van der Waals surface area contributed by atoms with Crippen molar-refractivity contribution in [2.45, 2.75) is 51.6 Å². The summed E-state index contributed by atoms with van der Waals surface area (Å²) in [5, 5.41) is 5.48. The molecule has 1 aliphatic rings. The summed E-state index contributed by atoms with van der Waals surface area (Å²) in [7, 11) is 0. The molecule has 0 spiro atoms. The van der Waals surface area contributed by atoms with Gasteiger partial charge in [-0.1, -0.05) is 25.3 Å². The Morgan fingerprint density at radius 2 is 2.26 bits per heavy atom. The second kappa shape index (κ2) is 7.65. The summed E-state index contributed by atoms with van der Waals surface area (Å²) in [6.45, 7) is 3.09. The Morgan fingerprint density at radius 1 is 1.47 bits per heavy atom. The second-order valence-corrected chi connectivity index (χ2v) is 6.12. The highest BCUT2D eigenvalue weighted by Crippen LogP contribution is 2.27. The molecule has 1 unspecified atom stereocenters. The number of hydrogen-bond donors (Lipinski definition) is 1. The lowest BCUT2D eigenvalue weighted by atomic mass is 9.84. The van der Waals surface area contributed by atoms with Crippen molar-refractivity contribution >= 4 is 17.3 Å². The van der Waals surface area contributed by atoms with Crippen molar-refractivity contribution in [1.82, 2.24) is 5.32 Å². The van der Waals surface area contributed by atoms with Gasteiger partial charge in [-0.15, -0.1) is 11.3 Å². The number of thiophene rings is 1. The fourth-order valence-corrected chi connectivity index (χ4v) is 3.42. The van der Waals surface area contributed by atoms with E-state index in [0.29, 0.717) is 12.5 Å². The molecule has 19 heavy (non-hydrogen) atoms. The minimum atomic E-state index is -0.137. The predicted molar refractivity (Wildman–Crippen MR) is 78.2 cm³/mol. The third-order valence-electron chi connectivity index (χ3n) is 3.74. The van der Waals surface area contributed by atoms with Crippen LogP contribution in [0.1, 0.15) is 43.9 Å². The summed E-state index contributed by atoms with van der Waals surface area (Å²) in [4.78, 5) is 13.4. The summed E-state index contributed by atoms with van der Waals surface area (Å²) < 4.78 is 5.23. The van der Waals surface area contributed by atoms with Crippen molar-refractivity contribution in [1.29, 1.82) is 0 Å². The van der Waals surface area contributed by atoms with E-state index in [1.807, 2.05) is 13.0 Å². The van der Waals surface area contributed by atoms with Gasteiger partial charge in [0.15, 0.2) is 0 Å². The first-order chi connectivity index (χ1) is 9.31. The first-order valence-corrected chi connectivity index (χ1v) is 8.11. The molecule has 1 aliphatic carbocycles. The van der Waals surface area contributed by atoms with Crippen molar-refractivity contribution in [3.8, 4) is 0 Å². The molecule has 4 heteroatoms. The Morgan fingerprint density at radius 3 is 2.89 bits per heavy atom. The van der Waals surface area contributed by atoms with Crippen LogP contribution in [0.15, 0.2) is 17.5 Å². The van der Waals surface area contributed by atoms with Crippen LogP contribution >= 0.6 is 11.3 Å². The van der Waals surface area contributed by atoms with Gasteiger partial charge in [0.2, 0.25) is 0 Å². The first-order valence-electron chi connectivity index (χ1n) is 7.23. The van der Waals surface area contributed by atoms with E-state index < -0.39 is 0 Å². The maximum absolute atomic E-state index is 12.1. The molecule has 0 amide bonds. The monoisotopic (exact) mass is 281 g/mol. The predicted octanol–water partition coefficient (Wildman–Crippen LogP) is 3.35. The van der Waals surface area contributed by atoms with Crippen molar-refractivity contribution in [2.75, 3.05) is 6.61 Å². The lowest BCUT2D eigenvalue weighted by Crippen LogP contribution is -2.44. The summed E-state index contributed by atoms with van der Waals surface area (Å²) >= 11 is 1.72. The Hall–Kier alpha value is -0.870. The Balaban J connectivity index is 1.94. The molecular weight excluding hydrogens is 258 g/mol. The van der Waals surface area contributed by atoms with E-state index in [-0.39, 0.29) is 12.0 Å². The molecule has 1 fully saturated rings. The van der Waals surface area contributed by atoms with Gasteiger partial charge in [0, 0.05) is 11.4 Å². The lowest BCUT2D eigenvalue weighted by molar-refractivity contribution is -0.147. The molecular formula is C15H23NO2S. The molecule has 2 rings (SSSR count). The fourth-order valence-electron chi connectivity index (χ4n) is 2.77. The summed E-state index contributed by atoms with van der Waals surface area (Å²) in [6, 6.07) is 4.00. The fraction of sp³-hybridized carbons (Fsp3) is 0.667. The van der Waals surface area contributed by atoms with Crippen LogP contribution in [-0.2, 0) is 16.1 Å². The van der Waals surface area contributed by atoms with Gasteiger partial charge in [-0.2, -0.15) is 0 Å². The minimum Gasteiger partial charge on any atom is -0.465 e. The average Bonchev–Trinajstić information content (AvgIpc) is 2.94. The number of carbonyl (C=O) groups excluding carboxylic acids is 1. The van der Waals surface area contributed by atoms with Crippen LogP contribution in [0.4, 0.5) is 0 Å². The summed E-state index contributed by atoms with van der Waals surface area (Å²) in [6.07, 6.45) is 6.06. The SMILES string of the molecule is CCOC(=O)C(NCc1cccs1)C1CCCCC1. The second-order valence-electron chi connectivity index (χ2n) is 5.09. The molecule has 1 heterocycles. The van der Waals surface area contributed by atoms with Gasteiger partial charge in [-0.25, -0.2) is 0 Å². The molecule has 0 aromatic carbocycles. The number of carbonyl (C=O) groups is 1. The van der Waals surface area contributed by atoms with Gasteiger partial charge in [-0.3, -0.25) is 10.1 Å². The molecule has 0 aliphatic heterocycles. The third-order valence-corrected chi connectivity index (χ3v) is 4.61. The van der Waals surface area contributed by atoms with Crippen molar-refractivity contribution in [3.05, 3.63) is 22.4 Å². The smallest absolute Gasteiger partial charge is 0.323 e. The van der Waals surface area contributed by atoms with Crippen molar-refractivity contribution in [2.24, 2.45) is 5.92 Å². The highest BCUT2D eigenvalue weighted by atomic mass is 32.1. The molecule has 106 valence electrons. The minimum absolute atomic E-state index is 0.0778. The van der Waals surface area contributed by atoms with Crippen LogP contribution in [0.25, 0.3) is 0 Å². The topological polar surface area (TPSA) is 38.3 Å². The normalized spacial score (nSPS) is 18.2. The molecule has 3 nitrogen and oxygen atoms in total. The molecule has 0 saturated heterocycles. The van der Waals surface area contributed by atoms with E-state index in [1.165, 1.54) is 24.1 Å². The Labute approximate surface area is 119 Å². The Bertz CT molecular complexity index is 372. The summed E-state index contributed by atoms with van der Waals surface area (Å²) in [5.41, 5.74) is 0. The number of nitrogens with one attached hydrogen (secondary N) is 1. The van der Waals surface area contributed by atoms with Gasteiger partial charge in [-0.05, 0) is 37.1 Å². The average molecular weight is 281 g/mol. The largest absolute Gasteiger partial charge is 0.465 e. The maximum Gasteiger partial charge on any atom is 0.323 e. The zero-order valence-corrected chi connectivity index (χ0v) is 12.4. The molecule has 1 atom stereocenters. The highest BCUT2D eigenvalue weighted by molar-refractivity contribution is 7.09. The van der Waals surface area contributed by atoms with Crippen LogP contribution in [0.2, 0.25) is 0 Å². The number of hydrogen-bond acceptors (Lipinski definition) is 4. The van der Waals surface area contributed by atoms with Gasteiger partial charge < -0.3 is 4.74 Å². The lowest BCUT2D eigenvalue weighted by Gasteiger charge is -2.29. The maximum atomic E-state index is 12.1. The van der Waals surface area contributed by atoms with Gasteiger partial charge in [0.25, 0.3) is 0 Å². The molecule has 1 aromatic heterocycles. The molecule has 1 aromatic rings. The zero-order chi connectivity index (χ0) is 13.5. The quantitative estimate of drug-likeness (QED) is 0.813. The van der Waals surface area contributed by atoms with Crippen LogP contribution < -0.4 is 5.32 Å².